The number of nitrogens with one attached hydrogen (secondary N) is 1. The van der Waals surface area contributed by atoms with Gasteiger partial charge in [0.15, 0.2) is 6.61 Å². The highest BCUT2D eigenvalue weighted by atomic mass is 79.9. The Morgan fingerprint density at radius 3 is 2.76 bits per heavy atom. The Hall–Kier alpha value is -2.49. The van der Waals surface area contributed by atoms with Gasteiger partial charge in [0.05, 0.1) is 10.7 Å². The lowest BCUT2D eigenvalue weighted by molar-refractivity contribution is -0.120. The molecule has 2 aromatic carbocycles. The molecule has 0 aliphatic rings. The third-order valence-electron chi connectivity index (χ3n) is 2.87. The Morgan fingerprint density at radius 2 is 2.08 bits per heavy atom. The van der Waals surface area contributed by atoms with Crippen molar-refractivity contribution in [3.05, 3.63) is 57.5 Å². The number of carbonyl (C=O) groups excluding carboxylic acids is 1. The van der Waals surface area contributed by atoms with Gasteiger partial charge in [0.1, 0.15) is 12.4 Å². The van der Waals surface area contributed by atoms with E-state index in [-0.39, 0.29) is 19.1 Å². The lowest BCUT2D eigenvalue weighted by atomic mass is 10.2. The second kappa shape index (κ2) is 9.72. The molecule has 0 unspecified atom stereocenters. The maximum absolute atomic E-state index is 11.7. The molecule has 0 saturated carbocycles. The van der Waals surface area contributed by atoms with Crippen LogP contribution in [-0.2, 0) is 9.63 Å². The number of hydrogen-bond donors (Lipinski definition) is 1. The van der Waals surface area contributed by atoms with Crippen LogP contribution in [0.4, 0.5) is 5.69 Å². The normalized spacial score (nSPS) is 10.3. The zero-order valence-electron chi connectivity index (χ0n) is 13.0. The number of benzene rings is 2. The van der Waals surface area contributed by atoms with Gasteiger partial charge in [-0.3, -0.25) is 4.79 Å². The molecular formula is C18H14BrClN2O3. The van der Waals surface area contributed by atoms with Gasteiger partial charge in [0.2, 0.25) is 0 Å². The largest absolute Gasteiger partial charge is 0.480 e. The van der Waals surface area contributed by atoms with Crippen LogP contribution in [0.1, 0.15) is 5.56 Å². The molecular weight excluding hydrogens is 408 g/mol. The van der Waals surface area contributed by atoms with E-state index in [2.05, 4.69) is 32.3 Å². The van der Waals surface area contributed by atoms with Crippen LogP contribution in [-0.4, -0.2) is 25.3 Å². The first-order valence-electron chi connectivity index (χ1n) is 7.15. The molecule has 0 atom stereocenters. The molecule has 7 heteroatoms. The molecule has 0 aliphatic carbocycles. The van der Waals surface area contributed by atoms with E-state index in [4.69, 9.17) is 27.6 Å². The summed E-state index contributed by atoms with van der Waals surface area (Å²) in [5, 5.41) is 7.03. The average molecular weight is 422 g/mol. The van der Waals surface area contributed by atoms with E-state index < -0.39 is 0 Å². The standard InChI is InChI=1S/C18H14BrClN2O3/c1-2-9-24-17-8-3-13(10-16(17)19)11-21-25-12-18(23)22-15-6-4-14(20)5-7-15/h1,3-8,10-11H,9,12H2,(H,22,23). The van der Waals surface area contributed by atoms with E-state index in [1.54, 1.807) is 42.5 Å². The van der Waals surface area contributed by atoms with Gasteiger partial charge in [-0.05, 0) is 64.0 Å². The molecule has 0 heterocycles. The minimum atomic E-state index is -0.321. The van der Waals surface area contributed by atoms with Crippen molar-refractivity contribution >= 4 is 45.3 Å². The topological polar surface area (TPSA) is 59.9 Å². The van der Waals surface area contributed by atoms with Crippen molar-refractivity contribution in [2.75, 3.05) is 18.5 Å². The number of halogens is 2. The van der Waals surface area contributed by atoms with Crippen molar-refractivity contribution in [1.82, 2.24) is 0 Å². The molecule has 0 radical (unpaired) electrons. The molecule has 5 nitrogen and oxygen atoms in total. The molecule has 0 saturated heterocycles. The fraction of sp³-hybridized carbons (Fsp3) is 0.111. The van der Waals surface area contributed by atoms with Gasteiger partial charge in [-0.25, -0.2) is 0 Å². The van der Waals surface area contributed by atoms with Crippen LogP contribution in [0.3, 0.4) is 0 Å². The first-order valence-corrected chi connectivity index (χ1v) is 8.32. The smallest absolute Gasteiger partial charge is 0.265 e. The Balaban J connectivity index is 1.80. The predicted molar refractivity (Wildman–Crippen MR) is 102 cm³/mol. The SMILES string of the molecule is C#CCOc1ccc(C=NOCC(=O)Nc2ccc(Cl)cc2)cc1Br. The molecule has 0 aliphatic heterocycles. The highest BCUT2D eigenvalue weighted by Crippen LogP contribution is 2.25. The van der Waals surface area contributed by atoms with Crippen molar-refractivity contribution in [2.45, 2.75) is 0 Å². The number of hydrogen-bond acceptors (Lipinski definition) is 4. The van der Waals surface area contributed by atoms with E-state index in [0.29, 0.717) is 16.5 Å². The number of amides is 1. The van der Waals surface area contributed by atoms with Crippen molar-refractivity contribution < 1.29 is 14.4 Å². The Bertz CT molecular complexity index is 801. The lowest BCUT2D eigenvalue weighted by Crippen LogP contribution is -2.16. The van der Waals surface area contributed by atoms with Gasteiger partial charge in [-0.15, -0.1) is 6.42 Å². The lowest BCUT2D eigenvalue weighted by Gasteiger charge is -2.05. The van der Waals surface area contributed by atoms with E-state index >= 15 is 0 Å². The summed E-state index contributed by atoms with van der Waals surface area (Å²) in [6.07, 6.45) is 6.64. The van der Waals surface area contributed by atoms with Gasteiger partial charge in [0.25, 0.3) is 5.91 Å². The summed E-state index contributed by atoms with van der Waals surface area (Å²) in [7, 11) is 0. The molecule has 0 spiro atoms. The first kappa shape index (κ1) is 18.8. The number of nitrogens with zero attached hydrogens (tertiary/aromatic N) is 1. The second-order valence-electron chi connectivity index (χ2n) is 4.75. The maximum Gasteiger partial charge on any atom is 0.265 e. The minimum absolute atomic E-state index is 0.192. The molecule has 2 aromatic rings. The number of oxime groups is 1. The predicted octanol–water partition coefficient (Wildman–Crippen LogP) is 4.10. The molecule has 0 bridgehead atoms. The fourth-order valence-corrected chi connectivity index (χ4v) is 2.40. The Labute approximate surface area is 159 Å². The van der Waals surface area contributed by atoms with Crippen LogP contribution in [0.15, 0.2) is 52.1 Å². The highest BCUT2D eigenvalue weighted by molar-refractivity contribution is 9.10. The molecule has 1 amide bonds. The average Bonchev–Trinajstić information content (AvgIpc) is 2.60. The molecule has 0 fully saturated rings. The fourth-order valence-electron chi connectivity index (χ4n) is 1.76. The van der Waals surface area contributed by atoms with Crippen molar-refractivity contribution in [3.8, 4) is 18.1 Å². The first-order chi connectivity index (χ1) is 12.1. The van der Waals surface area contributed by atoms with Crippen molar-refractivity contribution in [2.24, 2.45) is 5.16 Å². The summed E-state index contributed by atoms with van der Waals surface area (Å²) < 4.78 is 6.08. The van der Waals surface area contributed by atoms with Crippen molar-refractivity contribution in [3.63, 3.8) is 0 Å². The number of anilines is 1. The van der Waals surface area contributed by atoms with Crippen LogP contribution in [0.25, 0.3) is 0 Å². The van der Waals surface area contributed by atoms with Crippen LogP contribution < -0.4 is 10.1 Å². The number of ether oxygens (including phenoxy) is 1. The van der Waals surface area contributed by atoms with E-state index in [0.717, 1.165) is 10.0 Å². The van der Waals surface area contributed by atoms with E-state index in [1.165, 1.54) is 6.21 Å². The third kappa shape index (κ3) is 6.49. The van der Waals surface area contributed by atoms with E-state index in [1.807, 2.05) is 0 Å². The quantitative estimate of drug-likeness (QED) is 0.416. The zero-order valence-corrected chi connectivity index (χ0v) is 15.4. The number of rotatable bonds is 7. The summed E-state index contributed by atoms with van der Waals surface area (Å²) in [6, 6.07) is 12.1. The Morgan fingerprint density at radius 1 is 1.32 bits per heavy atom. The number of terminal acetylenes is 1. The summed E-state index contributed by atoms with van der Waals surface area (Å²) >= 11 is 9.16. The summed E-state index contributed by atoms with van der Waals surface area (Å²) in [4.78, 5) is 16.7. The second-order valence-corrected chi connectivity index (χ2v) is 6.04. The summed E-state index contributed by atoms with van der Waals surface area (Å²) in [5.74, 6) is 2.71. The zero-order chi connectivity index (χ0) is 18.1. The molecule has 0 aromatic heterocycles. The van der Waals surface area contributed by atoms with Gasteiger partial charge >= 0.3 is 0 Å². The van der Waals surface area contributed by atoms with Crippen LogP contribution in [0, 0.1) is 12.3 Å². The highest BCUT2D eigenvalue weighted by Gasteiger charge is 2.03. The molecule has 128 valence electrons. The van der Waals surface area contributed by atoms with Crippen LogP contribution in [0.2, 0.25) is 5.02 Å². The van der Waals surface area contributed by atoms with Crippen LogP contribution >= 0.6 is 27.5 Å². The number of carbonyl (C=O) groups is 1. The van der Waals surface area contributed by atoms with Gasteiger partial charge < -0.3 is 14.9 Å². The third-order valence-corrected chi connectivity index (χ3v) is 3.74. The Kier molecular flexibility index (Phi) is 7.33. The summed E-state index contributed by atoms with van der Waals surface area (Å²) in [6.45, 7) is -0.0124. The minimum Gasteiger partial charge on any atom is -0.480 e. The van der Waals surface area contributed by atoms with Crippen LogP contribution in [0.5, 0.6) is 5.75 Å². The van der Waals surface area contributed by atoms with E-state index in [9.17, 15) is 4.79 Å². The molecule has 25 heavy (non-hydrogen) atoms. The van der Waals surface area contributed by atoms with Gasteiger partial charge in [0, 0.05) is 10.7 Å². The monoisotopic (exact) mass is 420 g/mol. The summed E-state index contributed by atoms with van der Waals surface area (Å²) in [5.41, 5.74) is 1.41. The molecule has 2 rings (SSSR count). The van der Waals surface area contributed by atoms with Gasteiger partial charge in [-0.1, -0.05) is 22.7 Å². The molecule has 1 N–H and O–H groups in total. The maximum atomic E-state index is 11.7. The van der Waals surface area contributed by atoms with Crippen molar-refractivity contribution in [1.29, 1.82) is 0 Å². The van der Waals surface area contributed by atoms with Gasteiger partial charge in [-0.2, -0.15) is 0 Å².